The van der Waals surface area contributed by atoms with E-state index in [4.69, 9.17) is 17.0 Å². The van der Waals surface area contributed by atoms with E-state index in [1.54, 1.807) is 31.4 Å². The zero-order valence-electron chi connectivity index (χ0n) is 13.4. The molecule has 1 amide bonds. The number of ether oxygens (including phenoxy) is 1. The third-order valence-corrected chi connectivity index (χ3v) is 4.34. The van der Waals surface area contributed by atoms with Crippen LogP contribution in [0.25, 0.3) is 11.3 Å². The van der Waals surface area contributed by atoms with Crippen molar-refractivity contribution in [1.29, 1.82) is 0 Å². The van der Waals surface area contributed by atoms with Gasteiger partial charge in [-0.05, 0) is 36.5 Å². The zero-order chi connectivity index (χ0) is 17.6. The number of carbonyl (C=O) groups is 1. The second-order valence-corrected chi connectivity index (χ2v) is 6.31. The molecular weight excluding hydrogens is 354 g/mol. The van der Waals surface area contributed by atoms with Crippen LogP contribution in [0.5, 0.6) is 5.75 Å². The van der Waals surface area contributed by atoms with Crippen LogP contribution in [0.2, 0.25) is 0 Å². The maximum absolute atomic E-state index is 12.2. The van der Waals surface area contributed by atoms with Crippen LogP contribution in [0.3, 0.4) is 0 Å². The van der Waals surface area contributed by atoms with E-state index in [0.717, 1.165) is 11.3 Å². The van der Waals surface area contributed by atoms with Crippen molar-refractivity contribution in [2.75, 3.05) is 12.4 Å². The Morgan fingerprint density at radius 1 is 1.12 bits per heavy atom. The molecule has 0 saturated carbocycles. The first kappa shape index (κ1) is 17.1. The molecule has 0 unspecified atom stereocenters. The Bertz CT molecular complexity index is 877. The van der Waals surface area contributed by atoms with Crippen LogP contribution in [-0.4, -0.2) is 23.1 Å². The lowest BCUT2D eigenvalue weighted by molar-refractivity contribution is 0.0977. The molecule has 2 N–H and O–H groups in total. The van der Waals surface area contributed by atoms with E-state index in [1.807, 2.05) is 35.7 Å². The number of carbonyl (C=O) groups excluding carboxylic acids is 1. The summed E-state index contributed by atoms with van der Waals surface area (Å²) in [5, 5.41) is 8.34. The number of aromatic nitrogens is 1. The van der Waals surface area contributed by atoms with Crippen LogP contribution >= 0.6 is 23.6 Å². The van der Waals surface area contributed by atoms with E-state index >= 15 is 0 Å². The first-order valence-corrected chi connectivity index (χ1v) is 8.72. The largest absolute Gasteiger partial charge is 0.497 e. The molecule has 0 aliphatic rings. The normalized spacial score (nSPS) is 10.1. The second-order valence-electron chi connectivity index (χ2n) is 5.04. The van der Waals surface area contributed by atoms with Crippen molar-refractivity contribution < 1.29 is 9.53 Å². The number of methoxy groups -OCH3 is 1. The Hall–Kier alpha value is -2.77. The first-order chi connectivity index (χ1) is 12.2. The van der Waals surface area contributed by atoms with E-state index in [0.29, 0.717) is 16.4 Å². The average Bonchev–Trinajstić information content (AvgIpc) is 3.10. The first-order valence-electron chi connectivity index (χ1n) is 7.43. The summed E-state index contributed by atoms with van der Waals surface area (Å²) >= 11 is 6.61. The summed E-state index contributed by atoms with van der Waals surface area (Å²) in [4.78, 5) is 16.7. The summed E-state index contributed by atoms with van der Waals surface area (Å²) in [6.45, 7) is 0. The Balaban J connectivity index is 1.60. The molecule has 0 fully saturated rings. The van der Waals surface area contributed by atoms with Gasteiger partial charge in [0.2, 0.25) is 0 Å². The highest BCUT2D eigenvalue weighted by Gasteiger charge is 2.10. The molecule has 0 aliphatic heterocycles. The van der Waals surface area contributed by atoms with E-state index in [9.17, 15) is 4.79 Å². The van der Waals surface area contributed by atoms with Gasteiger partial charge in [0.15, 0.2) is 10.2 Å². The van der Waals surface area contributed by atoms with Crippen LogP contribution in [0.1, 0.15) is 10.4 Å². The van der Waals surface area contributed by atoms with E-state index in [2.05, 4.69) is 15.6 Å². The molecule has 1 aromatic heterocycles. The number of hydrogen-bond donors (Lipinski definition) is 2. The summed E-state index contributed by atoms with van der Waals surface area (Å²) in [6.07, 6.45) is 0. The third-order valence-electron chi connectivity index (χ3n) is 3.37. The zero-order valence-corrected chi connectivity index (χ0v) is 15.0. The molecule has 0 aliphatic carbocycles. The molecule has 0 bridgehead atoms. The van der Waals surface area contributed by atoms with Crippen LogP contribution < -0.4 is 15.4 Å². The number of anilines is 1. The smallest absolute Gasteiger partial charge is 0.257 e. The van der Waals surface area contributed by atoms with Crippen LogP contribution in [0, 0.1) is 0 Å². The van der Waals surface area contributed by atoms with Gasteiger partial charge in [0, 0.05) is 16.5 Å². The van der Waals surface area contributed by atoms with Gasteiger partial charge >= 0.3 is 0 Å². The lowest BCUT2D eigenvalue weighted by Gasteiger charge is -2.07. The molecule has 7 heteroatoms. The molecule has 3 aromatic rings. The summed E-state index contributed by atoms with van der Waals surface area (Å²) in [5.74, 6) is 0.397. The van der Waals surface area contributed by atoms with Crippen molar-refractivity contribution in [3.05, 3.63) is 65.5 Å². The van der Waals surface area contributed by atoms with Gasteiger partial charge < -0.3 is 10.1 Å². The predicted molar refractivity (Wildman–Crippen MR) is 104 cm³/mol. The molecule has 0 saturated heterocycles. The van der Waals surface area contributed by atoms with Gasteiger partial charge in [-0.15, -0.1) is 11.3 Å². The number of hydrogen-bond acceptors (Lipinski definition) is 5. The predicted octanol–water partition coefficient (Wildman–Crippen LogP) is 3.95. The molecule has 2 aromatic carbocycles. The Labute approximate surface area is 154 Å². The second kappa shape index (κ2) is 7.87. The van der Waals surface area contributed by atoms with Gasteiger partial charge in [0.1, 0.15) is 5.75 Å². The monoisotopic (exact) mass is 369 g/mol. The van der Waals surface area contributed by atoms with Crippen molar-refractivity contribution in [3.63, 3.8) is 0 Å². The SMILES string of the molecule is COc1ccc(C(=O)NC(=S)Nc2nc(-c3ccccc3)cs2)cc1. The third kappa shape index (κ3) is 4.40. The van der Waals surface area contributed by atoms with Gasteiger partial charge in [-0.25, -0.2) is 4.98 Å². The Kier molecular flexibility index (Phi) is 5.37. The highest BCUT2D eigenvalue weighted by atomic mass is 32.1. The number of thiazole rings is 1. The van der Waals surface area contributed by atoms with E-state index < -0.39 is 0 Å². The van der Waals surface area contributed by atoms with Crippen molar-refractivity contribution >= 4 is 39.7 Å². The van der Waals surface area contributed by atoms with Crippen LogP contribution in [0.15, 0.2) is 60.0 Å². The molecule has 5 nitrogen and oxygen atoms in total. The quantitative estimate of drug-likeness (QED) is 0.682. The lowest BCUT2D eigenvalue weighted by atomic mass is 10.2. The number of nitrogens with one attached hydrogen (secondary N) is 2. The average molecular weight is 369 g/mol. The van der Waals surface area contributed by atoms with Gasteiger partial charge in [-0.3, -0.25) is 10.1 Å². The van der Waals surface area contributed by atoms with E-state index in [-0.39, 0.29) is 11.0 Å². The highest BCUT2D eigenvalue weighted by Crippen LogP contribution is 2.24. The molecule has 0 spiro atoms. The number of amides is 1. The minimum absolute atomic E-state index is 0.203. The minimum atomic E-state index is -0.292. The fourth-order valence-electron chi connectivity index (χ4n) is 2.12. The van der Waals surface area contributed by atoms with Gasteiger partial charge in [-0.2, -0.15) is 0 Å². The van der Waals surface area contributed by atoms with Gasteiger partial charge in [-0.1, -0.05) is 30.3 Å². The van der Waals surface area contributed by atoms with Crippen molar-refractivity contribution in [2.45, 2.75) is 0 Å². The molecule has 3 rings (SSSR count). The standard InChI is InChI=1S/C18H15N3O2S2/c1-23-14-9-7-13(8-10-14)16(22)20-17(24)21-18-19-15(11-25-18)12-5-3-2-4-6-12/h2-11H,1H3,(H2,19,20,21,22,24). The van der Waals surface area contributed by atoms with Crippen molar-refractivity contribution in [2.24, 2.45) is 0 Å². The van der Waals surface area contributed by atoms with Crippen molar-refractivity contribution in [1.82, 2.24) is 10.3 Å². The van der Waals surface area contributed by atoms with Crippen molar-refractivity contribution in [3.8, 4) is 17.0 Å². The summed E-state index contributed by atoms with van der Waals surface area (Å²) in [5.41, 5.74) is 2.38. The van der Waals surface area contributed by atoms with Crippen LogP contribution in [-0.2, 0) is 0 Å². The lowest BCUT2D eigenvalue weighted by Crippen LogP contribution is -2.34. The number of benzene rings is 2. The maximum Gasteiger partial charge on any atom is 0.257 e. The molecule has 0 radical (unpaired) electrons. The Morgan fingerprint density at radius 2 is 1.84 bits per heavy atom. The fraction of sp³-hybridized carbons (Fsp3) is 0.0556. The van der Waals surface area contributed by atoms with E-state index in [1.165, 1.54) is 11.3 Å². The molecule has 126 valence electrons. The van der Waals surface area contributed by atoms with Gasteiger partial charge in [0.25, 0.3) is 5.91 Å². The molecular formula is C18H15N3O2S2. The number of nitrogens with zero attached hydrogens (tertiary/aromatic N) is 1. The number of rotatable bonds is 4. The molecule has 25 heavy (non-hydrogen) atoms. The Morgan fingerprint density at radius 3 is 2.52 bits per heavy atom. The number of thiocarbonyl (C=S) groups is 1. The summed E-state index contributed by atoms with van der Waals surface area (Å²) in [6, 6.07) is 16.6. The van der Waals surface area contributed by atoms with Gasteiger partial charge in [0.05, 0.1) is 12.8 Å². The maximum atomic E-state index is 12.2. The minimum Gasteiger partial charge on any atom is -0.497 e. The summed E-state index contributed by atoms with van der Waals surface area (Å²) < 4.78 is 5.07. The highest BCUT2D eigenvalue weighted by molar-refractivity contribution is 7.80. The molecule has 1 heterocycles. The summed E-state index contributed by atoms with van der Waals surface area (Å²) in [7, 11) is 1.58. The molecule has 0 atom stereocenters. The van der Waals surface area contributed by atoms with Crippen LogP contribution in [0.4, 0.5) is 5.13 Å². The topological polar surface area (TPSA) is 63.2 Å². The fourth-order valence-corrected chi connectivity index (χ4v) is 3.10.